The highest BCUT2D eigenvalue weighted by atomic mass is 19.1. The van der Waals surface area contributed by atoms with Gasteiger partial charge in [-0.3, -0.25) is 0 Å². The molecule has 138 valence electrons. The van der Waals surface area contributed by atoms with Crippen LogP contribution < -0.4 is 4.57 Å². The van der Waals surface area contributed by atoms with Gasteiger partial charge < -0.3 is 4.42 Å². The Morgan fingerprint density at radius 3 is 2.52 bits per heavy atom. The van der Waals surface area contributed by atoms with Crippen molar-refractivity contribution >= 4 is 22.1 Å². The monoisotopic (exact) mass is 367 g/mol. The lowest BCUT2D eigenvalue weighted by Crippen LogP contribution is -2.31. The molecule has 0 saturated heterocycles. The largest absolute Gasteiger partial charge is 0.437 e. The van der Waals surface area contributed by atoms with Crippen molar-refractivity contribution in [2.45, 2.75) is 33.6 Å². The number of aryl methyl sites for hydroxylation is 3. The Balaban J connectivity index is 2.15. The van der Waals surface area contributed by atoms with Gasteiger partial charge >= 0.3 is 0 Å². The number of aromatic nitrogens is 2. The van der Waals surface area contributed by atoms with Crippen LogP contribution in [0.4, 0.5) is 8.78 Å². The van der Waals surface area contributed by atoms with E-state index < -0.39 is 5.95 Å². The maximum Gasteiger partial charge on any atom is 0.230 e. The standard InChI is InChI=1S/C22H21F2N2O/c1-11(2)14-6-7-26(5)17(10-14)18-12(3)9-16(23)19-15-8-13(4)21(24)25-22(15)27-20(18)19/h6-11H,1-5H3/q+1. The summed E-state index contributed by atoms with van der Waals surface area (Å²) in [5.74, 6) is -0.636. The second-order valence-corrected chi connectivity index (χ2v) is 7.42. The van der Waals surface area contributed by atoms with E-state index in [0.29, 0.717) is 27.8 Å². The fourth-order valence-electron chi connectivity index (χ4n) is 3.54. The van der Waals surface area contributed by atoms with Crippen molar-refractivity contribution in [3.8, 4) is 11.3 Å². The van der Waals surface area contributed by atoms with Crippen LogP contribution in [0.25, 0.3) is 33.3 Å². The third-order valence-electron chi connectivity index (χ3n) is 5.11. The molecule has 0 fully saturated rings. The van der Waals surface area contributed by atoms with Crippen LogP contribution in [0.2, 0.25) is 0 Å². The van der Waals surface area contributed by atoms with Crippen LogP contribution in [-0.4, -0.2) is 4.98 Å². The van der Waals surface area contributed by atoms with Gasteiger partial charge in [-0.05, 0) is 43.0 Å². The molecule has 3 heterocycles. The summed E-state index contributed by atoms with van der Waals surface area (Å²) in [6.07, 6.45) is 1.99. The minimum absolute atomic E-state index is 0.113. The van der Waals surface area contributed by atoms with Crippen LogP contribution in [0, 0.1) is 25.6 Å². The number of halogens is 2. The zero-order chi connectivity index (χ0) is 19.5. The maximum absolute atomic E-state index is 14.9. The van der Waals surface area contributed by atoms with Crippen LogP contribution >= 0.6 is 0 Å². The lowest BCUT2D eigenvalue weighted by molar-refractivity contribution is -0.660. The van der Waals surface area contributed by atoms with Crippen LogP contribution in [0.15, 0.2) is 34.9 Å². The van der Waals surface area contributed by atoms with E-state index in [1.807, 2.05) is 24.7 Å². The number of nitrogens with zero attached hydrogens (tertiary/aromatic N) is 2. The van der Waals surface area contributed by atoms with Crippen molar-refractivity contribution in [3.05, 3.63) is 58.9 Å². The summed E-state index contributed by atoms with van der Waals surface area (Å²) in [7, 11) is 1.94. The van der Waals surface area contributed by atoms with E-state index in [4.69, 9.17) is 4.42 Å². The quantitative estimate of drug-likeness (QED) is 0.346. The van der Waals surface area contributed by atoms with Gasteiger partial charge in [-0.15, -0.1) is 0 Å². The first-order chi connectivity index (χ1) is 12.8. The van der Waals surface area contributed by atoms with Crippen LogP contribution in [0.1, 0.15) is 36.5 Å². The molecule has 1 aromatic carbocycles. The van der Waals surface area contributed by atoms with Gasteiger partial charge in [-0.25, -0.2) is 8.96 Å². The number of furan rings is 1. The molecule has 4 rings (SSSR count). The number of pyridine rings is 2. The Morgan fingerprint density at radius 2 is 1.81 bits per heavy atom. The lowest BCUT2D eigenvalue weighted by Gasteiger charge is -2.09. The molecule has 0 saturated carbocycles. The van der Waals surface area contributed by atoms with Gasteiger partial charge in [0.25, 0.3) is 0 Å². The fraction of sp³-hybridized carbons (Fsp3) is 0.273. The van der Waals surface area contributed by atoms with Crippen molar-refractivity contribution in [2.24, 2.45) is 7.05 Å². The molecule has 0 aliphatic heterocycles. The number of hydrogen-bond acceptors (Lipinski definition) is 2. The summed E-state index contributed by atoms with van der Waals surface area (Å²) < 4.78 is 36.6. The molecule has 0 aliphatic rings. The van der Waals surface area contributed by atoms with E-state index in [9.17, 15) is 8.78 Å². The van der Waals surface area contributed by atoms with Crippen molar-refractivity contribution in [2.75, 3.05) is 0 Å². The summed E-state index contributed by atoms with van der Waals surface area (Å²) in [6.45, 7) is 7.72. The second-order valence-electron chi connectivity index (χ2n) is 7.42. The predicted molar refractivity (Wildman–Crippen MR) is 102 cm³/mol. The molecule has 0 atom stereocenters. The normalized spacial score (nSPS) is 11.9. The van der Waals surface area contributed by atoms with Gasteiger partial charge in [0.05, 0.1) is 16.3 Å². The Bertz CT molecular complexity index is 1210. The summed E-state index contributed by atoms with van der Waals surface area (Å²) >= 11 is 0. The number of hydrogen-bond donors (Lipinski definition) is 0. The first-order valence-corrected chi connectivity index (χ1v) is 8.96. The fourth-order valence-corrected chi connectivity index (χ4v) is 3.54. The molecule has 3 aromatic heterocycles. The van der Waals surface area contributed by atoms with Gasteiger partial charge in [0.15, 0.2) is 11.8 Å². The van der Waals surface area contributed by atoms with Gasteiger partial charge in [0, 0.05) is 17.7 Å². The van der Waals surface area contributed by atoms with E-state index in [1.54, 1.807) is 13.0 Å². The second kappa shape index (κ2) is 6.12. The van der Waals surface area contributed by atoms with Crippen LogP contribution in [0.5, 0.6) is 0 Å². The van der Waals surface area contributed by atoms with Gasteiger partial charge in [0.2, 0.25) is 17.4 Å². The summed E-state index contributed by atoms with van der Waals surface area (Å²) in [4.78, 5) is 3.88. The van der Waals surface area contributed by atoms with Crippen molar-refractivity contribution in [1.82, 2.24) is 4.98 Å². The molecule has 3 nitrogen and oxygen atoms in total. The highest BCUT2D eigenvalue weighted by molar-refractivity contribution is 6.09. The van der Waals surface area contributed by atoms with Crippen molar-refractivity contribution < 1.29 is 17.8 Å². The summed E-state index contributed by atoms with van der Waals surface area (Å²) in [5.41, 5.74) is 4.52. The third-order valence-corrected chi connectivity index (χ3v) is 5.11. The number of fused-ring (bicyclic) bond motifs is 3. The van der Waals surface area contributed by atoms with Gasteiger partial charge in [0.1, 0.15) is 12.9 Å². The summed E-state index contributed by atoms with van der Waals surface area (Å²) in [5, 5.41) is 0.835. The first-order valence-electron chi connectivity index (χ1n) is 8.96. The molecule has 4 aromatic rings. The molecule has 0 aliphatic carbocycles. The SMILES string of the molecule is Cc1cc2c(nc1F)oc1c(-c3cc(C(C)C)cc[n+]3C)c(C)cc(F)c12. The molecule has 0 unspecified atom stereocenters. The third kappa shape index (κ3) is 2.69. The highest BCUT2D eigenvalue weighted by Crippen LogP contribution is 2.38. The molecular weight excluding hydrogens is 346 g/mol. The lowest BCUT2D eigenvalue weighted by atomic mass is 9.97. The van der Waals surface area contributed by atoms with E-state index in [2.05, 4.69) is 31.0 Å². The minimum atomic E-state index is -0.604. The van der Waals surface area contributed by atoms with E-state index >= 15 is 0 Å². The smallest absolute Gasteiger partial charge is 0.230 e. The molecule has 0 amide bonds. The topological polar surface area (TPSA) is 29.9 Å². The molecule has 0 spiro atoms. The van der Waals surface area contributed by atoms with Crippen LogP contribution in [-0.2, 0) is 7.05 Å². The van der Waals surface area contributed by atoms with E-state index in [1.165, 1.54) is 11.6 Å². The minimum Gasteiger partial charge on any atom is -0.437 e. The molecule has 0 bridgehead atoms. The Kier molecular flexibility index (Phi) is 3.98. The van der Waals surface area contributed by atoms with Gasteiger partial charge in [-0.2, -0.15) is 9.37 Å². The first kappa shape index (κ1) is 17.6. The molecule has 0 radical (unpaired) electrons. The summed E-state index contributed by atoms with van der Waals surface area (Å²) in [6, 6.07) is 7.27. The number of benzene rings is 1. The maximum atomic E-state index is 14.9. The highest BCUT2D eigenvalue weighted by Gasteiger charge is 2.25. The molecule has 0 N–H and O–H groups in total. The molecular formula is C22H21F2N2O+. The van der Waals surface area contributed by atoms with Gasteiger partial charge in [-0.1, -0.05) is 13.8 Å². The van der Waals surface area contributed by atoms with E-state index in [-0.39, 0.29) is 11.5 Å². The zero-order valence-electron chi connectivity index (χ0n) is 16.0. The van der Waals surface area contributed by atoms with Crippen molar-refractivity contribution in [1.29, 1.82) is 0 Å². The van der Waals surface area contributed by atoms with Crippen LogP contribution in [0.3, 0.4) is 0 Å². The average molecular weight is 367 g/mol. The average Bonchev–Trinajstić information content (AvgIpc) is 2.94. The number of rotatable bonds is 2. The Labute approximate surface area is 156 Å². The predicted octanol–water partition coefficient (Wildman–Crippen LogP) is 5.49. The zero-order valence-corrected chi connectivity index (χ0v) is 16.0. The molecule has 5 heteroatoms. The van der Waals surface area contributed by atoms with Crippen molar-refractivity contribution in [3.63, 3.8) is 0 Å². The Hall–Kier alpha value is -2.82. The van der Waals surface area contributed by atoms with E-state index in [0.717, 1.165) is 16.8 Å². The molecule has 27 heavy (non-hydrogen) atoms. The Morgan fingerprint density at radius 1 is 1.07 bits per heavy atom.